The number of likely N-dealkylation sites (tertiary alicyclic amines) is 2. The van der Waals surface area contributed by atoms with Gasteiger partial charge in [-0.05, 0) is 43.2 Å². The Labute approximate surface area is 161 Å². The summed E-state index contributed by atoms with van der Waals surface area (Å²) in [6.07, 6.45) is 5.42. The molecule has 2 aliphatic rings. The Morgan fingerprint density at radius 2 is 2.00 bits per heavy atom. The molecule has 2 aliphatic heterocycles. The van der Waals surface area contributed by atoms with E-state index in [2.05, 4.69) is 47.3 Å². The van der Waals surface area contributed by atoms with Crippen LogP contribution < -0.4 is 0 Å². The highest BCUT2D eigenvalue weighted by Crippen LogP contribution is 2.44. The predicted octanol–water partition coefficient (Wildman–Crippen LogP) is 3.58. The first-order valence-electron chi connectivity index (χ1n) is 10.1. The first-order valence-corrected chi connectivity index (χ1v) is 10.1. The topological polar surface area (TPSA) is 49.6 Å². The van der Waals surface area contributed by atoms with Gasteiger partial charge < -0.3 is 14.2 Å². The van der Waals surface area contributed by atoms with Crippen LogP contribution in [0.3, 0.4) is 0 Å². The van der Waals surface area contributed by atoms with Crippen molar-refractivity contribution in [2.45, 2.75) is 38.5 Å². The van der Waals surface area contributed by atoms with Crippen LogP contribution >= 0.6 is 0 Å². The van der Waals surface area contributed by atoms with Crippen molar-refractivity contribution in [2.24, 2.45) is 5.41 Å². The van der Waals surface area contributed by atoms with Gasteiger partial charge in [-0.1, -0.05) is 37.3 Å². The summed E-state index contributed by atoms with van der Waals surface area (Å²) in [6.45, 7) is 5.86. The van der Waals surface area contributed by atoms with Gasteiger partial charge in [-0.15, -0.1) is 0 Å². The number of carbonyl (C=O) groups is 1. The van der Waals surface area contributed by atoms with Crippen molar-refractivity contribution in [1.82, 2.24) is 14.8 Å². The summed E-state index contributed by atoms with van der Waals surface area (Å²) in [5, 5.41) is 0. The number of rotatable bonds is 3. The van der Waals surface area contributed by atoms with E-state index in [4.69, 9.17) is 4.42 Å². The predicted molar refractivity (Wildman–Crippen MR) is 105 cm³/mol. The molecule has 27 heavy (non-hydrogen) atoms. The van der Waals surface area contributed by atoms with E-state index in [0.717, 1.165) is 39.0 Å². The van der Waals surface area contributed by atoms with Gasteiger partial charge in [0, 0.05) is 32.6 Å². The third-order valence-electron chi connectivity index (χ3n) is 6.36. The summed E-state index contributed by atoms with van der Waals surface area (Å²) < 4.78 is 5.35. The highest BCUT2D eigenvalue weighted by atomic mass is 16.3. The van der Waals surface area contributed by atoms with E-state index in [0.29, 0.717) is 29.2 Å². The lowest BCUT2D eigenvalue weighted by atomic mass is 9.68. The normalized spacial score (nSPS) is 22.9. The van der Waals surface area contributed by atoms with Crippen molar-refractivity contribution < 1.29 is 9.21 Å². The molecule has 1 unspecified atom stereocenters. The molecule has 144 valence electrons. The van der Waals surface area contributed by atoms with Crippen LogP contribution in [-0.4, -0.2) is 53.9 Å². The van der Waals surface area contributed by atoms with E-state index in [9.17, 15) is 4.79 Å². The van der Waals surface area contributed by atoms with E-state index in [1.165, 1.54) is 18.4 Å². The van der Waals surface area contributed by atoms with Crippen molar-refractivity contribution in [2.75, 3.05) is 33.2 Å². The van der Waals surface area contributed by atoms with E-state index >= 15 is 0 Å². The van der Waals surface area contributed by atoms with E-state index < -0.39 is 0 Å². The first kappa shape index (κ1) is 18.2. The van der Waals surface area contributed by atoms with Gasteiger partial charge >= 0.3 is 0 Å². The second-order valence-corrected chi connectivity index (χ2v) is 8.28. The molecule has 1 spiro atoms. The van der Waals surface area contributed by atoms with Crippen molar-refractivity contribution >= 4 is 5.91 Å². The molecule has 5 nitrogen and oxygen atoms in total. The highest BCUT2D eigenvalue weighted by molar-refractivity contribution is 5.93. The number of aryl methyl sites for hydroxylation is 1. The maximum atomic E-state index is 12.9. The lowest BCUT2D eigenvalue weighted by Gasteiger charge is -2.49. The molecule has 2 fully saturated rings. The molecule has 1 aromatic heterocycles. The molecule has 0 saturated carbocycles. The third kappa shape index (κ3) is 3.65. The van der Waals surface area contributed by atoms with Gasteiger partial charge in [0.25, 0.3) is 5.91 Å². The summed E-state index contributed by atoms with van der Waals surface area (Å²) in [4.78, 5) is 21.5. The van der Waals surface area contributed by atoms with Crippen LogP contribution in [0.4, 0.5) is 0 Å². The Balaban J connectivity index is 1.45. The second-order valence-electron chi connectivity index (χ2n) is 8.28. The van der Waals surface area contributed by atoms with Crippen molar-refractivity contribution in [3.63, 3.8) is 0 Å². The monoisotopic (exact) mass is 367 g/mol. The molecular weight excluding hydrogens is 338 g/mol. The lowest BCUT2D eigenvalue weighted by molar-refractivity contribution is 0.0221. The molecule has 5 heteroatoms. The smallest absolute Gasteiger partial charge is 0.276 e. The van der Waals surface area contributed by atoms with Gasteiger partial charge in [0.2, 0.25) is 0 Å². The SMILES string of the molecule is CCc1ocnc1C(=O)N1CCC2(CC1)CC(c1ccccc1)CN(C)C2. The Morgan fingerprint density at radius 3 is 2.70 bits per heavy atom. The van der Waals surface area contributed by atoms with Gasteiger partial charge in [-0.25, -0.2) is 4.98 Å². The summed E-state index contributed by atoms with van der Waals surface area (Å²) in [6, 6.07) is 10.9. The van der Waals surface area contributed by atoms with Crippen LogP contribution in [-0.2, 0) is 6.42 Å². The summed E-state index contributed by atoms with van der Waals surface area (Å²) in [5.41, 5.74) is 2.25. The zero-order valence-electron chi connectivity index (χ0n) is 16.4. The minimum atomic E-state index is 0.0271. The van der Waals surface area contributed by atoms with Gasteiger partial charge in [0.15, 0.2) is 12.1 Å². The molecule has 2 aromatic rings. The van der Waals surface area contributed by atoms with E-state index in [-0.39, 0.29) is 5.91 Å². The van der Waals surface area contributed by atoms with E-state index in [1.54, 1.807) is 0 Å². The van der Waals surface area contributed by atoms with Gasteiger partial charge in [-0.3, -0.25) is 4.79 Å². The quantitative estimate of drug-likeness (QED) is 0.832. The molecule has 1 atom stereocenters. The maximum absolute atomic E-state index is 12.9. The molecule has 0 radical (unpaired) electrons. The summed E-state index contributed by atoms with van der Waals surface area (Å²) in [5.74, 6) is 1.30. The molecule has 4 rings (SSSR count). The summed E-state index contributed by atoms with van der Waals surface area (Å²) >= 11 is 0. The van der Waals surface area contributed by atoms with Crippen LogP contribution in [0.5, 0.6) is 0 Å². The zero-order valence-corrected chi connectivity index (χ0v) is 16.4. The Morgan fingerprint density at radius 1 is 1.26 bits per heavy atom. The summed E-state index contributed by atoms with van der Waals surface area (Å²) in [7, 11) is 2.23. The molecule has 3 heterocycles. The number of aromatic nitrogens is 1. The van der Waals surface area contributed by atoms with Crippen molar-refractivity contribution in [3.05, 3.63) is 53.7 Å². The standard InChI is InChI=1S/C22H29N3O2/c1-3-19-20(23-16-27-19)21(26)25-11-9-22(10-12-25)13-18(14-24(2)15-22)17-7-5-4-6-8-17/h4-8,16,18H,3,9-15H2,1-2H3. The number of hydrogen-bond acceptors (Lipinski definition) is 4. The van der Waals surface area contributed by atoms with Crippen LogP contribution in [0.2, 0.25) is 0 Å². The van der Waals surface area contributed by atoms with Crippen molar-refractivity contribution in [1.29, 1.82) is 0 Å². The molecule has 0 bridgehead atoms. The van der Waals surface area contributed by atoms with Crippen LogP contribution in [0.25, 0.3) is 0 Å². The zero-order chi connectivity index (χ0) is 18.9. The molecule has 2 saturated heterocycles. The average Bonchev–Trinajstić information content (AvgIpc) is 3.17. The average molecular weight is 367 g/mol. The fourth-order valence-corrected chi connectivity index (χ4v) is 5.01. The fraction of sp³-hybridized carbons (Fsp3) is 0.545. The molecule has 1 aromatic carbocycles. The fourth-order valence-electron chi connectivity index (χ4n) is 5.01. The van der Waals surface area contributed by atoms with Crippen LogP contribution in [0.1, 0.15) is 53.9 Å². The molecule has 1 amide bonds. The molecular formula is C22H29N3O2. The first-order chi connectivity index (χ1) is 13.1. The van der Waals surface area contributed by atoms with E-state index in [1.807, 2.05) is 11.8 Å². The largest absolute Gasteiger partial charge is 0.448 e. The minimum absolute atomic E-state index is 0.0271. The maximum Gasteiger partial charge on any atom is 0.276 e. The third-order valence-corrected chi connectivity index (χ3v) is 6.36. The lowest BCUT2D eigenvalue weighted by Crippen LogP contribution is -2.51. The minimum Gasteiger partial charge on any atom is -0.448 e. The van der Waals surface area contributed by atoms with Crippen molar-refractivity contribution in [3.8, 4) is 0 Å². The highest BCUT2D eigenvalue weighted by Gasteiger charge is 2.42. The van der Waals surface area contributed by atoms with Crippen LogP contribution in [0.15, 0.2) is 41.1 Å². The Kier molecular flexibility index (Phi) is 5.04. The number of hydrogen-bond donors (Lipinski definition) is 0. The number of piperidine rings is 2. The van der Waals surface area contributed by atoms with Crippen LogP contribution in [0, 0.1) is 5.41 Å². The number of nitrogens with zero attached hydrogens (tertiary/aromatic N) is 3. The number of benzene rings is 1. The Bertz CT molecular complexity index is 778. The Hall–Kier alpha value is -2.14. The van der Waals surface area contributed by atoms with Gasteiger partial charge in [-0.2, -0.15) is 0 Å². The number of likely N-dealkylation sites (N-methyl/N-ethyl adjacent to an activating group) is 1. The van der Waals surface area contributed by atoms with Gasteiger partial charge in [0.1, 0.15) is 5.76 Å². The number of carbonyl (C=O) groups excluding carboxylic acids is 1. The second kappa shape index (κ2) is 7.47. The molecule has 0 aliphatic carbocycles. The number of oxazole rings is 1. The van der Waals surface area contributed by atoms with Gasteiger partial charge in [0.05, 0.1) is 0 Å². The molecule has 0 N–H and O–H groups in total. The number of amides is 1.